The van der Waals surface area contributed by atoms with Gasteiger partial charge in [-0.3, -0.25) is 0 Å². The molecule has 3 heteroatoms. The highest BCUT2D eigenvalue weighted by atomic mass is 16.5. The number of ether oxygens (including phenoxy) is 1. The Bertz CT molecular complexity index is 353. The molecule has 0 aliphatic heterocycles. The third-order valence-electron chi connectivity index (χ3n) is 6.77. The Balaban J connectivity index is 1.47. The number of nitrogens with one attached hydrogen (secondary N) is 1. The lowest BCUT2D eigenvalue weighted by Gasteiger charge is -2.39. The lowest BCUT2D eigenvalue weighted by molar-refractivity contribution is -0.0499. The molecule has 20 heavy (non-hydrogen) atoms. The standard InChI is InChI=1S/C17H31NO2/c1-16(2)12-6-8-17(16,3)15(10-12)20-9-7-14(11-19)18-13-4-5-13/h12-15,18-19H,4-11H2,1-3H3. The summed E-state index contributed by atoms with van der Waals surface area (Å²) in [5, 5.41) is 12.9. The highest BCUT2D eigenvalue weighted by Crippen LogP contribution is 2.66. The minimum absolute atomic E-state index is 0.224. The van der Waals surface area contributed by atoms with Gasteiger partial charge in [-0.05, 0) is 55.3 Å². The van der Waals surface area contributed by atoms with Crippen LogP contribution in [0.2, 0.25) is 0 Å². The predicted octanol–water partition coefficient (Wildman–Crippen LogP) is 2.72. The van der Waals surface area contributed by atoms with Crippen molar-refractivity contribution in [3.63, 3.8) is 0 Å². The van der Waals surface area contributed by atoms with Crippen LogP contribution in [0.4, 0.5) is 0 Å². The molecule has 4 unspecified atom stereocenters. The smallest absolute Gasteiger partial charge is 0.0636 e. The van der Waals surface area contributed by atoms with E-state index in [9.17, 15) is 5.11 Å². The second-order valence-electron chi connectivity index (χ2n) is 8.08. The molecule has 0 heterocycles. The Hall–Kier alpha value is -0.120. The van der Waals surface area contributed by atoms with Gasteiger partial charge in [-0.15, -0.1) is 0 Å². The van der Waals surface area contributed by atoms with Crippen molar-refractivity contribution in [3.05, 3.63) is 0 Å². The van der Waals surface area contributed by atoms with Crippen molar-refractivity contribution in [2.45, 2.75) is 77.5 Å². The van der Waals surface area contributed by atoms with Crippen LogP contribution in [0.5, 0.6) is 0 Å². The van der Waals surface area contributed by atoms with Crippen molar-refractivity contribution in [1.82, 2.24) is 5.32 Å². The number of hydrogen-bond donors (Lipinski definition) is 2. The van der Waals surface area contributed by atoms with Crippen LogP contribution in [0.15, 0.2) is 0 Å². The molecule has 0 aromatic heterocycles. The summed E-state index contributed by atoms with van der Waals surface area (Å²) in [6.07, 6.45) is 7.84. The molecule has 0 aromatic rings. The molecule has 116 valence electrons. The van der Waals surface area contributed by atoms with Crippen LogP contribution in [-0.2, 0) is 4.74 Å². The van der Waals surface area contributed by atoms with E-state index in [0.717, 1.165) is 18.9 Å². The molecule has 3 aliphatic carbocycles. The third kappa shape index (κ3) is 2.42. The number of fused-ring (bicyclic) bond motifs is 2. The molecular formula is C17H31NO2. The number of rotatable bonds is 7. The van der Waals surface area contributed by atoms with Gasteiger partial charge in [0, 0.05) is 18.7 Å². The summed E-state index contributed by atoms with van der Waals surface area (Å²) in [6, 6.07) is 0.882. The van der Waals surface area contributed by atoms with E-state index < -0.39 is 0 Å². The maximum atomic E-state index is 9.42. The van der Waals surface area contributed by atoms with Gasteiger partial charge in [0.2, 0.25) is 0 Å². The molecule has 4 atom stereocenters. The van der Waals surface area contributed by atoms with Crippen molar-refractivity contribution in [2.24, 2.45) is 16.7 Å². The topological polar surface area (TPSA) is 41.5 Å². The molecule has 2 N–H and O–H groups in total. The number of aliphatic hydroxyl groups excluding tert-OH is 1. The molecule has 0 radical (unpaired) electrons. The zero-order valence-corrected chi connectivity index (χ0v) is 13.3. The first-order valence-corrected chi connectivity index (χ1v) is 8.46. The minimum atomic E-state index is 0.224. The van der Waals surface area contributed by atoms with Crippen LogP contribution >= 0.6 is 0 Å². The van der Waals surface area contributed by atoms with Gasteiger partial charge in [-0.2, -0.15) is 0 Å². The quantitative estimate of drug-likeness (QED) is 0.754. The van der Waals surface area contributed by atoms with Gasteiger partial charge in [0.25, 0.3) is 0 Å². The molecule has 3 rings (SSSR count). The molecular weight excluding hydrogens is 250 g/mol. The summed E-state index contributed by atoms with van der Waals surface area (Å²) in [5.41, 5.74) is 0.788. The van der Waals surface area contributed by atoms with Gasteiger partial charge in [-0.25, -0.2) is 0 Å². The first-order chi connectivity index (χ1) is 9.47. The Labute approximate surface area is 123 Å². The molecule has 3 aliphatic rings. The van der Waals surface area contributed by atoms with Crippen LogP contribution in [0, 0.1) is 16.7 Å². The van der Waals surface area contributed by atoms with Crippen molar-refractivity contribution in [2.75, 3.05) is 13.2 Å². The molecule has 0 aromatic carbocycles. The van der Waals surface area contributed by atoms with E-state index in [1.807, 2.05) is 0 Å². The second kappa shape index (κ2) is 5.26. The van der Waals surface area contributed by atoms with Crippen LogP contribution in [0.25, 0.3) is 0 Å². The van der Waals surface area contributed by atoms with Crippen LogP contribution < -0.4 is 5.32 Å². The van der Waals surface area contributed by atoms with Crippen molar-refractivity contribution < 1.29 is 9.84 Å². The average molecular weight is 281 g/mol. The molecule has 3 saturated carbocycles. The Morgan fingerprint density at radius 1 is 1.25 bits per heavy atom. The molecule has 2 bridgehead atoms. The zero-order valence-electron chi connectivity index (χ0n) is 13.3. The predicted molar refractivity (Wildman–Crippen MR) is 80.6 cm³/mol. The minimum Gasteiger partial charge on any atom is -0.395 e. The summed E-state index contributed by atoms with van der Waals surface area (Å²) >= 11 is 0. The fourth-order valence-electron chi connectivity index (χ4n) is 4.55. The summed E-state index contributed by atoms with van der Waals surface area (Å²) in [7, 11) is 0. The number of hydrogen-bond acceptors (Lipinski definition) is 3. The average Bonchev–Trinajstić information content (AvgIpc) is 3.16. The molecule has 3 fully saturated rings. The van der Waals surface area contributed by atoms with E-state index in [4.69, 9.17) is 4.74 Å². The van der Waals surface area contributed by atoms with E-state index in [2.05, 4.69) is 26.1 Å². The highest BCUT2D eigenvalue weighted by Gasteiger charge is 2.61. The Kier molecular flexibility index (Phi) is 3.89. The maximum Gasteiger partial charge on any atom is 0.0636 e. The van der Waals surface area contributed by atoms with E-state index in [1.165, 1.54) is 32.1 Å². The Morgan fingerprint density at radius 2 is 2.00 bits per heavy atom. The molecule has 0 saturated heterocycles. The van der Waals surface area contributed by atoms with Gasteiger partial charge in [0.1, 0.15) is 0 Å². The maximum absolute atomic E-state index is 9.42. The van der Waals surface area contributed by atoms with E-state index >= 15 is 0 Å². The summed E-state index contributed by atoms with van der Waals surface area (Å²) < 4.78 is 6.26. The van der Waals surface area contributed by atoms with Crippen molar-refractivity contribution in [3.8, 4) is 0 Å². The van der Waals surface area contributed by atoms with Gasteiger partial charge in [0.05, 0.1) is 12.7 Å². The molecule has 3 nitrogen and oxygen atoms in total. The first-order valence-electron chi connectivity index (χ1n) is 8.46. The van der Waals surface area contributed by atoms with Crippen LogP contribution in [0.1, 0.15) is 59.3 Å². The first kappa shape index (κ1) is 14.8. The molecule has 0 spiro atoms. The summed E-state index contributed by atoms with van der Waals surface area (Å²) in [6.45, 7) is 8.30. The van der Waals surface area contributed by atoms with E-state index in [0.29, 0.717) is 23.0 Å². The SMILES string of the molecule is CC1(C)C2CCC1(C)C(OCCC(CO)NC1CC1)C2. The fraction of sp³-hybridized carbons (Fsp3) is 1.00. The van der Waals surface area contributed by atoms with Gasteiger partial charge in [0.15, 0.2) is 0 Å². The monoisotopic (exact) mass is 281 g/mol. The summed E-state index contributed by atoms with van der Waals surface area (Å²) in [4.78, 5) is 0. The lowest BCUT2D eigenvalue weighted by Crippen LogP contribution is -2.39. The van der Waals surface area contributed by atoms with Crippen molar-refractivity contribution >= 4 is 0 Å². The van der Waals surface area contributed by atoms with Crippen LogP contribution in [-0.4, -0.2) is 36.5 Å². The second-order valence-corrected chi connectivity index (χ2v) is 8.08. The third-order valence-corrected chi connectivity index (χ3v) is 6.77. The normalized spacial score (nSPS) is 40.2. The zero-order chi connectivity index (χ0) is 14.4. The summed E-state index contributed by atoms with van der Waals surface area (Å²) in [5.74, 6) is 0.843. The number of aliphatic hydroxyl groups is 1. The molecule has 0 amide bonds. The van der Waals surface area contributed by atoms with Gasteiger partial charge in [-0.1, -0.05) is 20.8 Å². The Morgan fingerprint density at radius 3 is 2.50 bits per heavy atom. The van der Waals surface area contributed by atoms with E-state index in [1.54, 1.807) is 0 Å². The van der Waals surface area contributed by atoms with Crippen molar-refractivity contribution in [1.29, 1.82) is 0 Å². The highest BCUT2D eigenvalue weighted by molar-refractivity contribution is 5.11. The van der Waals surface area contributed by atoms with Crippen LogP contribution in [0.3, 0.4) is 0 Å². The lowest BCUT2D eigenvalue weighted by atomic mass is 9.70. The fourth-order valence-corrected chi connectivity index (χ4v) is 4.55. The van der Waals surface area contributed by atoms with Gasteiger partial charge < -0.3 is 15.2 Å². The van der Waals surface area contributed by atoms with Gasteiger partial charge >= 0.3 is 0 Å². The largest absolute Gasteiger partial charge is 0.395 e. The van der Waals surface area contributed by atoms with E-state index in [-0.39, 0.29) is 12.6 Å².